The number of rotatable bonds is 6. The van der Waals surface area contributed by atoms with Crippen LogP contribution in [0.25, 0.3) is 22.3 Å². The Kier molecular flexibility index (Phi) is 6.99. The van der Waals surface area contributed by atoms with E-state index in [9.17, 15) is 27.9 Å². The number of halogens is 3. The van der Waals surface area contributed by atoms with E-state index in [1.54, 1.807) is 44.2 Å². The van der Waals surface area contributed by atoms with Gasteiger partial charge in [0.15, 0.2) is 5.43 Å². The summed E-state index contributed by atoms with van der Waals surface area (Å²) in [6, 6.07) is 12.6. The molecule has 4 rings (SSSR count). The van der Waals surface area contributed by atoms with Crippen molar-refractivity contribution in [2.24, 2.45) is 4.99 Å². The minimum Gasteiger partial charge on any atom is -0.478 e. The zero-order valence-corrected chi connectivity index (χ0v) is 20.7. The lowest BCUT2D eigenvalue weighted by Gasteiger charge is -2.19. The summed E-state index contributed by atoms with van der Waals surface area (Å²) in [6.45, 7) is 3.56. The Morgan fingerprint density at radius 3 is 2.53 bits per heavy atom. The smallest absolute Gasteiger partial charge is 0.418 e. The molecule has 10 heteroatoms. The number of hydrogen-bond donors (Lipinski definition) is 3. The van der Waals surface area contributed by atoms with Crippen LogP contribution in [-0.4, -0.2) is 24.3 Å². The van der Waals surface area contributed by atoms with Crippen molar-refractivity contribution in [3.05, 3.63) is 92.6 Å². The topological polar surface area (TPSA) is 118 Å². The fourth-order valence-corrected chi connectivity index (χ4v) is 4.30. The molecule has 0 radical (unpaired) electrons. The quantitative estimate of drug-likeness (QED) is 0.202. The summed E-state index contributed by atoms with van der Waals surface area (Å²) in [6.07, 6.45) is -3.54. The fraction of sp³-hybridized carbons (Fsp3) is 0.179. The number of nitrogens with one attached hydrogen (secondary N) is 1. The monoisotopic (exact) mass is 523 g/mol. The van der Waals surface area contributed by atoms with Gasteiger partial charge in [-0.05, 0) is 49.7 Å². The molecule has 0 aliphatic rings. The van der Waals surface area contributed by atoms with Crippen molar-refractivity contribution >= 4 is 34.5 Å². The van der Waals surface area contributed by atoms with Crippen LogP contribution in [-0.2, 0) is 6.18 Å². The highest BCUT2D eigenvalue weighted by atomic mass is 19.4. The van der Waals surface area contributed by atoms with Gasteiger partial charge in [-0.2, -0.15) is 13.2 Å². The van der Waals surface area contributed by atoms with E-state index >= 15 is 0 Å². The average molecular weight is 524 g/mol. The molecule has 0 aliphatic carbocycles. The summed E-state index contributed by atoms with van der Waals surface area (Å²) >= 11 is 0. The van der Waals surface area contributed by atoms with Crippen LogP contribution in [0.3, 0.4) is 0 Å². The first-order valence-electron chi connectivity index (χ1n) is 11.5. The molecule has 7 nitrogen and oxygen atoms in total. The number of aliphatic imine (C=N–C) groups is 1. The number of benzene rings is 3. The summed E-state index contributed by atoms with van der Waals surface area (Å²) in [7, 11) is 1.40. The van der Waals surface area contributed by atoms with E-state index in [1.165, 1.54) is 25.4 Å². The van der Waals surface area contributed by atoms with E-state index in [4.69, 9.17) is 10.2 Å². The highest BCUT2D eigenvalue weighted by Crippen LogP contribution is 2.39. The first-order chi connectivity index (χ1) is 17.9. The average Bonchev–Trinajstić information content (AvgIpc) is 2.84. The van der Waals surface area contributed by atoms with Crippen LogP contribution < -0.4 is 16.5 Å². The van der Waals surface area contributed by atoms with Crippen LogP contribution in [0, 0.1) is 6.92 Å². The molecule has 196 valence electrons. The molecule has 0 bridgehead atoms. The van der Waals surface area contributed by atoms with Crippen LogP contribution >= 0.6 is 0 Å². The van der Waals surface area contributed by atoms with Gasteiger partial charge in [0.25, 0.3) is 0 Å². The molecule has 0 spiro atoms. The van der Waals surface area contributed by atoms with Crippen molar-refractivity contribution in [2.75, 3.05) is 18.1 Å². The number of alkyl halides is 3. The molecular formula is C28H24F3N3O4. The molecule has 1 aromatic heterocycles. The third kappa shape index (κ3) is 5.10. The number of aromatic carboxylic acids is 1. The Hall–Kier alpha value is -4.60. The molecule has 1 atom stereocenters. The fourth-order valence-electron chi connectivity index (χ4n) is 4.30. The molecule has 0 amide bonds. The Morgan fingerprint density at radius 2 is 1.87 bits per heavy atom. The van der Waals surface area contributed by atoms with Crippen molar-refractivity contribution in [1.82, 2.24) is 0 Å². The van der Waals surface area contributed by atoms with Crippen molar-refractivity contribution in [3.8, 4) is 11.3 Å². The van der Waals surface area contributed by atoms with Crippen LogP contribution in [0.2, 0.25) is 0 Å². The van der Waals surface area contributed by atoms with E-state index in [1.807, 2.05) is 0 Å². The number of nitrogens with zero attached hydrogens (tertiary/aromatic N) is 1. The summed E-state index contributed by atoms with van der Waals surface area (Å²) in [4.78, 5) is 28.6. The maximum atomic E-state index is 13.7. The molecule has 0 fully saturated rings. The number of anilines is 2. The van der Waals surface area contributed by atoms with Gasteiger partial charge in [0.2, 0.25) is 0 Å². The number of fused-ring (bicyclic) bond motifs is 1. The Morgan fingerprint density at radius 1 is 1.16 bits per heavy atom. The normalized spacial score (nSPS) is 12.7. The Bertz CT molecular complexity index is 1640. The maximum Gasteiger partial charge on any atom is 0.418 e. The standard InChI is InChI=1S/C28H24F3N3O4/c1-14-8-19(15(2)34-22-7-5-4-6-18(22)27(36)37)26-20(9-14)23(35)12-24(38-26)16-10-17(13-33-3)25(32)21(11-16)28(29,30)31/h4-13,15,34H,32H2,1-3H3,(H,36,37). The van der Waals surface area contributed by atoms with Crippen molar-refractivity contribution in [2.45, 2.75) is 26.1 Å². The second-order valence-electron chi connectivity index (χ2n) is 8.83. The molecule has 38 heavy (non-hydrogen) atoms. The number of nitrogens with two attached hydrogens (primary N) is 1. The lowest BCUT2D eigenvalue weighted by molar-refractivity contribution is -0.136. The number of nitrogen functional groups attached to an aromatic ring is 1. The largest absolute Gasteiger partial charge is 0.478 e. The SMILES string of the molecule is CN=Cc1cc(-c2cc(=O)c3cc(C)cc(C(C)Nc4ccccc4C(=O)O)c3o2)cc(C(F)(F)F)c1N. The van der Waals surface area contributed by atoms with Crippen LogP contribution in [0.4, 0.5) is 24.5 Å². The zero-order chi connectivity index (χ0) is 27.8. The number of carboxylic acid groups (broad SMARTS) is 1. The van der Waals surface area contributed by atoms with E-state index in [0.29, 0.717) is 11.3 Å². The van der Waals surface area contributed by atoms with Crippen molar-refractivity contribution < 1.29 is 27.5 Å². The summed E-state index contributed by atoms with van der Waals surface area (Å²) in [5.41, 5.74) is 5.66. The number of para-hydroxylation sites is 1. The van der Waals surface area contributed by atoms with Gasteiger partial charge in [-0.15, -0.1) is 0 Å². The number of aryl methyl sites for hydroxylation is 1. The van der Waals surface area contributed by atoms with Gasteiger partial charge in [-0.25, -0.2) is 4.79 Å². The first-order valence-corrected chi connectivity index (χ1v) is 11.5. The molecular weight excluding hydrogens is 499 g/mol. The van der Waals surface area contributed by atoms with Gasteiger partial charge in [-0.1, -0.05) is 18.2 Å². The van der Waals surface area contributed by atoms with Gasteiger partial charge in [0, 0.05) is 41.7 Å². The predicted molar refractivity (Wildman–Crippen MR) is 141 cm³/mol. The number of carboxylic acids is 1. The minimum atomic E-state index is -4.74. The molecule has 4 aromatic rings. The van der Waals surface area contributed by atoms with E-state index in [0.717, 1.165) is 17.7 Å². The second-order valence-corrected chi connectivity index (χ2v) is 8.83. The van der Waals surface area contributed by atoms with E-state index in [2.05, 4.69) is 10.3 Å². The summed E-state index contributed by atoms with van der Waals surface area (Å²) < 4.78 is 47.3. The highest BCUT2D eigenvalue weighted by Gasteiger charge is 2.34. The maximum absolute atomic E-state index is 13.7. The zero-order valence-electron chi connectivity index (χ0n) is 20.7. The van der Waals surface area contributed by atoms with E-state index in [-0.39, 0.29) is 33.4 Å². The number of hydrogen-bond acceptors (Lipinski definition) is 6. The molecule has 1 unspecified atom stereocenters. The molecule has 3 aromatic carbocycles. The van der Waals surface area contributed by atoms with Gasteiger partial charge < -0.3 is 20.6 Å². The first kappa shape index (κ1) is 26.5. The molecule has 1 heterocycles. The summed E-state index contributed by atoms with van der Waals surface area (Å²) in [5, 5.41) is 12.9. The lowest BCUT2D eigenvalue weighted by Crippen LogP contribution is -2.13. The third-order valence-electron chi connectivity index (χ3n) is 6.07. The lowest BCUT2D eigenvalue weighted by atomic mass is 9.98. The third-order valence-corrected chi connectivity index (χ3v) is 6.07. The van der Waals surface area contributed by atoms with Crippen molar-refractivity contribution in [1.29, 1.82) is 0 Å². The highest BCUT2D eigenvalue weighted by molar-refractivity contribution is 5.94. The van der Waals surface area contributed by atoms with Gasteiger partial charge in [0.05, 0.1) is 28.2 Å². The van der Waals surface area contributed by atoms with Crippen LogP contribution in [0.1, 0.15) is 45.6 Å². The Balaban J connectivity index is 1.92. The molecule has 0 aliphatic heterocycles. The van der Waals surface area contributed by atoms with E-state index < -0.39 is 34.9 Å². The predicted octanol–water partition coefficient (Wildman–Crippen LogP) is 6.29. The van der Waals surface area contributed by atoms with Crippen LogP contribution in [0.5, 0.6) is 0 Å². The molecule has 0 saturated carbocycles. The molecule has 0 saturated heterocycles. The van der Waals surface area contributed by atoms with Gasteiger partial charge in [0.1, 0.15) is 11.3 Å². The van der Waals surface area contributed by atoms with Crippen molar-refractivity contribution in [3.63, 3.8) is 0 Å². The Labute approximate surface area is 215 Å². The van der Waals surface area contributed by atoms with Crippen LogP contribution in [0.15, 0.2) is 68.8 Å². The molecule has 4 N–H and O–H groups in total. The summed E-state index contributed by atoms with van der Waals surface area (Å²) in [5.74, 6) is -1.19. The minimum absolute atomic E-state index is 0.00350. The second kappa shape index (κ2) is 10.0. The number of carbonyl (C=O) groups is 1. The van der Waals surface area contributed by atoms with Gasteiger partial charge >= 0.3 is 12.1 Å². The van der Waals surface area contributed by atoms with Gasteiger partial charge in [-0.3, -0.25) is 9.79 Å².